The lowest BCUT2D eigenvalue weighted by Gasteiger charge is -2.22. The summed E-state index contributed by atoms with van der Waals surface area (Å²) in [6.07, 6.45) is 1.17. The van der Waals surface area contributed by atoms with E-state index in [1.54, 1.807) is 24.3 Å². The molecule has 0 aliphatic carbocycles. The molecule has 0 radical (unpaired) electrons. The highest BCUT2D eigenvalue weighted by Gasteiger charge is 2.18. The summed E-state index contributed by atoms with van der Waals surface area (Å²) in [4.78, 5) is 12.3. The minimum absolute atomic E-state index is 0.226. The normalized spacial score (nSPS) is 11.1. The lowest BCUT2D eigenvalue weighted by atomic mass is 10.2. The minimum Gasteiger partial charge on any atom is -0.375 e. The monoisotopic (exact) mass is 438 g/mol. The molecule has 0 bridgehead atoms. The number of hydrogen-bond acceptors (Lipinski definition) is 4. The Bertz CT molecular complexity index is 1070. The van der Waals surface area contributed by atoms with E-state index >= 15 is 0 Å². The molecule has 31 heavy (non-hydrogen) atoms. The van der Waals surface area contributed by atoms with E-state index in [1.807, 2.05) is 60.7 Å². The highest BCUT2D eigenvalue weighted by molar-refractivity contribution is 7.92. The standard InChI is InChI=1S/C24H26N2O4S/c1-31(28,29)26(18-20-8-4-2-5-9-20)23-14-12-22(13-15-23)24(27)25-16-17-30-19-21-10-6-3-7-11-21/h2-15H,16-19H2,1H3,(H,25,27). The number of sulfonamides is 1. The maximum atomic E-state index is 12.3. The molecule has 0 aliphatic rings. The SMILES string of the molecule is CS(=O)(=O)N(Cc1ccccc1)c1ccc(C(=O)NCCOCc2ccccc2)cc1. The first-order valence-electron chi connectivity index (χ1n) is 9.95. The summed E-state index contributed by atoms with van der Waals surface area (Å²) < 4.78 is 31.5. The van der Waals surface area contributed by atoms with Crippen LogP contribution in [0.1, 0.15) is 21.5 Å². The molecule has 3 aromatic carbocycles. The number of amides is 1. The van der Waals surface area contributed by atoms with E-state index < -0.39 is 10.0 Å². The first-order valence-corrected chi connectivity index (χ1v) is 11.8. The van der Waals surface area contributed by atoms with Crippen molar-refractivity contribution >= 4 is 21.6 Å². The number of benzene rings is 3. The van der Waals surface area contributed by atoms with Gasteiger partial charge in [0.1, 0.15) is 0 Å². The Morgan fingerprint density at radius 3 is 2.03 bits per heavy atom. The summed E-state index contributed by atoms with van der Waals surface area (Å²) in [7, 11) is -3.48. The molecule has 3 rings (SSSR count). The molecule has 0 heterocycles. The summed E-state index contributed by atoms with van der Waals surface area (Å²) in [5, 5.41) is 2.81. The molecule has 0 atom stereocenters. The van der Waals surface area contributed by atoms with E-state index in [-0.39, 0.29) is 12.5 Å². The predicted molar refractivity (Wildman–Crippen MR) is 122 cm³/mol. The molecule has 1 N–H and O–H groups in total. The van der Waals surface area contributed by atoms with E-state index in [0.29, 0.717) is 31.0 Å². The van der Waals surface area contributed by atoms with Crippen molar-refractivity contribution in [1.82, 2.24) is 5.32 Å². The second-order valence-electron chi connectivity index (χ2n) is 7.10. The van der Waals surface area contributed by atoms with E-state index in [4.69, 9.17) is 4.74 Å². The van der Waals surface area contributed by atoms with Gasteiger partial charge in [0.25, 0.3) is 5.91 Å². The number of anilines is 1. The number of hydrogen-bond donors (Lipinski definition) is 1. The maximum Gasteiger partial charge on any atom is 0.251 e. The van der Waals surface area contributed by atoms with Crippen LogP contribution in [0.15, 0.2) is 84.9 Å². The van der Waals surface area contributed by atoms with Gasteiger partial charge in [-0.05, 0) is 35.4 Å². The van der Waals surface area contributed by atoms with Gasteiger partial charge in [0, 0.05) is 12.1 Å². The van der Waals surface area contributed by atoms with E-state index in [0.717, 1.165) is 11.1 Å². The molecule has 162 valence electrons. The molecule has 0 saturated heterocycles. The highest BCUT2D eigenvalue weighted by atomic mass is 32.2. The fraction of sp³-hybridized carbons (Fsp3) is 0.208. The molecule has 7 heteroatoms. The van der Waals surface area contributed by atoms with Crippen molar-refractivity contribution in [1.29, 1.82) is 0 Å². The Labute approximate surface area is 183 Å². The third-order valence-corrected chi connectivity index (χ3v) is 5.77. The van der Waals surface area contributed by atoms with Gasteiger partial charge >= 0.3 is 0 Å². The van der Waals surface area contributed by atoms with Crippen molar-refractivity contribution in [3.63, 3.8) is 0 Å². The second-order valence-corrected chi connectivity index (χ2v) is 9.00. The zero-order chi connectivity index (χ0) is 22.1. The first kappa shape index (κ1) is 22.5. The zero-order valence-corrected chi connectivity index (χ0v) is 18.2. The third kappa shape index (κ3) is 6.94. The third-order valence-electron chi connectivity index (χ3n) is 4.63. The van der Waals surface area contributed by atoms with Crippen molar-refractivity contribution in [2.45, 2.75) is 13.2 Å². The molecule has 0 fully saturated rings. The number of rotatable bonds is 10. The van der Waals surface area contributed by atoms with Gasteiger partial charge in [0.2, 0.25) is 10.0 Å². The Balaban J connectivity index is 1.54. The van der Waals surface area contributed by atoms with E-state index in [2.05, 4.69) is 5.32 Å². The smallest absolute Gasteiger partial charge is 0.251 e. The van der Waals surface area contributed by atoms with Gasteiger partial charge in [0.15, 0.2) is 0 Å². The van der Waals surface area contributed by atoms with Gasteiger partial charge in [0.05, 0.1) is 31.7 Å². The minimum atomic E-state index is -3.48. The number of nitrogens with one attached hydrogen (secondary N) is 1. The summed E-state index contributed by atoms with van der Waals surface area (Å²) in [6, 6.07) is 25.7. The Morgan fingerprint density at radius 2 is 1.45 bits per heavy atom. The van der Waals surface area contributed by atoms with Crippen LogP contribution in [0.3, 0.4) is 0 Å². The topological polar surface area (TPSA) is 75.7 Å². The highest BCUT2D eigenvalue weighted by Crippen LogP contribution is 2.21. The predicted octanol–water partition coefficient (Wildman–Crippen LogP) is 3.60. The fourth-order valence-electron chi connectivity index (χ4n) is 3.03. The number of carbonyl (C=O) groups is 1. The van der Waals surface area contributed by atoms with Crippen LogP contribution in [-0.4, -0.2) is 33.7 Å². The van der Waals surface area contributed by atoms with Gasteiger partial charge in [-0.3, -0.25) is 9.10 Å². The Morgan fingerprint density at radius 1 is 0.871 bits per heavy atom. The van der Waals surface area contributed by atoms with Crippen molar-refractivity contribution in [2.75, 3.05) is 23.7 Å². The molecular weight excluding hydrogens is 412 g/mol. The van der Waals surface area contributed by atoms with Crippen molar-refractivity contribution in [3.8, 4) is 0 Å². The lowest BCUT2D eigenvalue weighted by molar-refractivity contribution is 0.0901. The first-order chi connectivity index (χ1) is 14.9. The Kier molecular flexibility index (Phi) is 7.81. The van der Waals surface area contributed by atoms with Gasteiger partial charge in [-0.2, -0.15) is 0 Å². The Hall–Kier alpha value is -3.16. The fourth-order valence-corrected chi connectivity index (χ4v) is 3.92. The van der Waals surface area contributed by atoms with Crippen molar-refractivity contribution in [2.24, 2.45) is 0 Å². The molecule has 1 amide bonds. The van der Waals surface area contributed by atoms with Crippen LogP contribution >= 0.6 is 0 Å². The zero-order valence-electron chi connectivity index (χ0n) is 17.4. The summed E-state index contributed by atoms with van der Waals surface area (Å²) in [5.41, 5.74) is 2.93. The average molecular weight is 439 g/mol. The summed E-state index contributed by atoms with van der Waals surface area (Å²) in [6.45, 7) is 1.51. The quantitative estimate of drug-likeness (QED) is 0.491. The van der Waals surface area contributed by atoms with E-state index in [9.17, 15) is 13.2 Å². The molecule has 0 aliphatic heterocycles. The van der Waals surface area contributed by atoms with Crippen molar-refractivity contribution in [3.05, 3.63) is 102 Å². The largest absolute Gasteiger partial charge is 0.375 e. The summed E-state index contributed by atoms with van der Waals surface area (Å²) in [5.74, 6) is -0.233. The molecule has 6 nitrogen and oxygen atoms in total. The van der Waals surface area contributed by atoms with Crippen molar-refractivity contribution < 1.29 is 17.9 Å². The van der Waals surface area contributed by atoms with Crippen LogP contribution in [0.2, 0.25) is 0 Å². The van der Waals surface area contributed by atoms with Crippen LogP contribution in [-0.2, 0) is 27.9 Å². The molecule has 0 spiro atoms. The number of carbonyl (C=O) groups excluding carboxylic acids is 1. The van der Waals surface area contributed by atoms with E-state index in [1.165, 1.54) is 10.6 Å². The van der Waals surface area contributed by atoms with Crippen LogP contribution < -0.4 is 9.62 Å². The summed E-state index contributed by atoms with van der Waals surface area (Å²) >= 11 is 0. The maximum absolute atomic E-state index is 12.3. The number of nitrogens with zero attached hydrogens (tertiary/aromatic N) is 1. The lowest BCUT2D eigenvalue weighted by Crippen LogP contribution is -2.30. The number of ether oxygens (including phenoxy) is 1. The molecule has 0 unspecified atom stereocenters. The van der Waals surface area contributed by atoms with Crippen LogP contribution in [0, 0.1) is 0 Å². The second kappa shape index (κ2) is 10.7. The van der Waals surface area contributed by atoms with Gasteiger partial charge in [-0.1, -0.05) is 60.7 Å². The molecular formula is C24H26N2O4S. The molecule has 0 saturated carbocycles. The van der Waals surface area contributed by atoms with Gasteiger partial charge in [-0.15, -0.1) is 0 Å². The molecule has 0 aromatic heterocycles. The van der Waals surface area contributed by atoms with Crippen LogP contribution in [0.4, 0.5) is 5.69 Å². The van der Waals surface area contributed by atoms with Crippen LogP contribution in [0.25, 0.3) is 0 Å². The van der Waals surface area contributed by atoms with Gasteiger partial charge in [-0.25, -0.2) is 8.42 Å². The average Bonchev–Trinajstić information content (AvgIpc) is 2.78. The van der Waals surface area contributed by atoms with Gasteiger partial charge < -0.3 is 10.1 Å². The molecule has 3 aromatic rings. The van der Waals surface area contributed by atoms with Crippen LogP contribution in [0.5, 0.6) is 0 Å².